The van der Waals surface area contributed by atoms with Crippen molar-refractivity contribution in [3.63, 3.8) is 0 Å². The highest BCUT2D eigenvalue weighted by atomic mass is 32.1. The van der Waals surface area contributed by atoms with Crippen LogP contribution in [-0.2, 0) is 6.42 Å². The molecular weight excluding hydrogens is 244 g/mol. The first kappa shape index (κ1) is 12.8. The van der Waals surface area contributed by atoms with Crippen molar-refractivity contribution in [1.82, 2.24) is 9.97 Å². The molecule has 0 atom stereocenters. The highest BCUT2D eigenvalue weighted by molar-refractivity contribution is 7.71. The first-order valence-electron chi connectivity index (χ1n) is 6.06. The topological polar surface area (TPSA) is 37.9 Å². The minimum atomic E-state index is 0.620. The van der Waals surface area contributed by atoms with E-state index in [9.17, 15) is 0 Å². The third kappa shape index (κ3) is 2.96. The molecule has 3 nitrogen and oxygen atoms in total. The molecule has 1 N–H and O–H groups in total. The van der Waals surface area contributed by atoms with Crippen molar-refractivity contribution >= 4 is 12.2 Å². The Kier molecular flexibility index (Phi) is 4.10. The summed E-state index contributed by atoms with van der Waals surface area (Å²) in [6, 6.07) is 9.84. The Labute approximate surface area is 112 Å². The molecular formula is C14H16N2OS. The van der Waals surface area contributed by atoms with Crippen LogP contribution in [0, 0.1) is 4.64 Å². The van der Waals surface area contributed by atoms with Crippen molar-refractivity contribution in [2.45, 2.75) is 20.3 Å². The van der Waals surface area contributed by atoms with Gasteiger partial charge < -0.3 is 9.72 Å². The van der Waals surface area contributed by atoms with Crippen LogP contribution >= 0.6 is 12.2 Å². The van der Waals surface area contributed by atoms with Gasteiger partial charge in [-0.05, 0) is 42.8 Å². The normalized spacial score (nSPS) is 10.3. The summed E-state index contributed by atoms with van der Waals surface area (Å²) in [5.74, 6) is 1.79. The summed E-state index contributed by atoms with van der Waals surface area (Å²) in [6.07, 6.45) is 0.842. The number of aromatic nitrogens is 2. The van der Waals surface area contributed by atoms with Gasteiger partial charge in [0, 0.05) is 12.1 Å². The molecule has 1 aromatic carbocycles. The van der Waals surface area contributed by atoms with Gasteiger partial charge in [-0.2, -0.15) is 0 Å². The second kappa shape index (κ2) is 5.78. The molecule has 1 heterocycles. The summed E-state index contributed by atoms with van der Waals surface area (Å²) in [5, 5.41) is 0. The van der Waals surface area contributed by atoms with E-state index >= 15 is 0 Å². The first-order chi connectivity index (χ1) is 8.72. The number of ether oxygens (including phenoxy) is 1. The van der Waals surface area contributed by atoms with E-state index in [1.54, 1.807) is 0 Å². The summed E-state index contributed by atoms with van der Waals surface area (Å²) < 4.78 is 6.04. The second-order valence-electron chi connectivity index (χ2n) is 3.89. The molecule has 2 rings (SSSR count). The fourth-order valence-electron chi connectivity index (χ4n) is 1.73. The fourth-order valence-corrected chi connectivity index (χ4v) is 1.96. The summed E-state index contributed by atoms with van der Waals surface area (Å²) in [5.41, 5.74) is 2.08. The zero-order valence-corrected chi connectivity index (χ0v) is 11.4. The second-order valence-corrected chi connectivity index (χ2v) is 4.31. The van der Waals surface area contributed by atoms with Gasteiger partial charge in [0.25, 0.3) is 0 Å². The van der Waals surface area contributed by atoms with Crippen LogP contribution in [0.3, 0.4) is 0 Å². The Morgan fingerprint density at radius 3 is 2.56 bits per heavy atom. The van der Waals surface area contributed by atoms with Gasteiger partial charge >= 0.3 is 0 Å². The van der Waals surface area contributed by atoms with Gasteiger partial charge in [0.2, 0.25) is 0 Å². The average molecular weight is 260 g/mol. The SMILES string of the molecule is CCOc1ccc(-c2cc(=S)nc(CC)[nH]2)cc1. The summed E-state index contributed by atoms with van der Waals surface area (Å²) >= 11 is 5.16. The van der Waals surface area contributed by atoms with Gasteiger partial charge in [0.1, 0.15) is 16.2 Å². The van der Waals surface area contributed by atoms with Crippen molar-refractivity contribution in [3.8, 4) is 17.0 Å². The number of hydrogen-bond donors (Lipinski definition) is 1. The Balaban J connectivity index is 2.36. The molecule has 0 saturated heterocycles. The number of hydrogen-bond acceptors (Lipinski definition) is 3. The van der Waals surface area contributed by atoms with E-state index in [4.69, 9.17) is 17.0 Å². The lowest BCUT2D eigenvalue weighted by molar-refractivity contribution is 0.340. The van der Waals surface area contributed by atoms with Gasteiger partial charge in [-0.1, -0.05) is 19.1 Å². The predicted molar refractivity (Wildman–Crippen MR) is 75.4 cm³/mol. The van der Waals surface area contributed by atoms with Crippen LogP contribution in [0.15, 0.2) is 30.3 Å². The van der Waals surface area contributed by atoms with Crippen LogP contribution in [0.1, 0.15) is 19.7 Å². The Morgan fingerprint density at radius 2 is 1.94 bits per heavy atom. The van der Waals surface area contributed by atoms with Crippen LogP contribution < -0.4 is 4.74 Å². The van der Waals surface area contributed by atoms with E-state index in [0.29, 0.717) is 11.2 Å². The summed E-state index contributed by atoms with van der Waals surface area (Å²) in [7, 11) is 0. The van der Waals surface area contributed by atoms with Gasteiger partial charge in [0.05, 0.1) is 6.61 Å². The molecule has 0 aliphatic rings. The third-order valence-electron chi connectivity index (χ3n) is 2.60. The maximum absolute atomic E-state index is 5.42. The van der Waals surface area contributed by atoms with Crippen LogP contribution in [0.2, 0.25) is 0 Å². The Morgan fingerprint density at radius 1 is 1.22 bits per heavy atom. The van der Waals surface area contributed by atoms with Crippen LogP contribution in [-0.4, -0.2) is 16.6 Å². The van der Waals surface area contributed by atoms with Crippen molar-refractivity contribution in [1.29, 1.82) is 0 Å². The molecule has 0 radical (unpaired) electrons. The van der Waals surface area contributed by atoms with E-state index in [1.165, 1.54) is 0 Å². The number of aryl methyl sites for hydroxylation is 1. The highest BCUT2D eigenvalue weighted by Gasteiger charge is 2.01. The lowest BCUT2D eigenvalue weighted by atomic mass is 10.1. The van der Waals surface area contributed by atoms with Gasteiger partial charge in [-0.15, -0.1) is 0 Å². The zero-order valence-electron chi connectivity index (χ0n) is 10.6. The maximum atomic E-state index is 5.42. The molecule has 0 aliphatic heterocycles. The maximum Gasteiger partial charge on any atom is 0.130 e. The van der Waals surface area contributed by atoms with E-state index in [2.05, 4.69) is 16.9 Å². The minimum Gasteiger partial charge on any atom is -0.494 e. The summed E-state index contributed by atoms with van der Waals surface area (Å²) in [6.45, 7) is 4.70. The lowest BCUT2D eigenvalue weighted by Crippen LogP contribution is -1.95. The number of benzene rings is 1. The van der Waals surface area contributed by atoms with Crippen LogP contribution in [0.4, 0.5) is 0 Å². The Bertz CT molecular complexity index is 575. The number of H-pyrrole nitrogens is 1. The summed E-state index contributed by atoms with van der Waals surface area (Å²) in [4.78, 5) is 7.54. The molecule has 0 bridgehead atoms. The highest BCUT2D eigenvalue weighted by Crippen LogP contribution is 2.21. The molecule has 1 aromatic heterocycles. The van der Waals surface area contributed by atoms with Crippen LogP contribution in [0.5, 0.6) is 5.75 Å². The molecule has 0 unspecified atom stereocenters. The molecule has 0 fully saturated rings. The standard InChI is InChI=1S/C14H16N2OS/c1-3-13-15-12(9-14(18)16-13)10-5-7-11(8-6-10)17-4-2/h5-9H,3-4H2,1-2H3,(H,15,16,18). The number of aromatic amines is 1. The van der Waals surface area contributed by atoms with Gasteiger partial charge in [-0.3, -0.25) is 0 Å². The number of nitrogens with zero attached hydrogens (tertiary/aromatic N) is 1. The van der Waals surface area contributed by atoms with Crippen molar-refractivity contribution in [2.24, 2.45) is 0 Å². The molecule has 0 aliphatic carbocycles. The minimum absolute atomic E-state index is 0.620. The molecule has 0 saturated carbocycles. The largest absolute Gasteiger partial charge is 0.494 e. The molecule has 0 spiro atoms. The zero-order chi connectivity index (χ0) is 13.0. The van der Waals surface area contributed by atoms with Crippen molar-refractivity contribution in [2.75, 3.05) is 6.61 Å². The number of nitrogens with one attached hydrogen (secondary N) is 1. The molecule has 4 heteroatoms. The average Bonchev–Trinajstić information content (AvgIpc) is 2.39. The first-order valence-corrected chi connectivity index (χ1v) is 6.47. The third-order valence-corrected chi connectivity index (χ3v) is 2.81. The molecule has 94 valence electrons. The van der Waals surface area contributed by atoms with E-state index in [0.717, 1.165) is 29.3 Å². The van der Waals surface area contributed by atoms with Crippen molar-refractivity contribution in [3.05, 3.63) is 40.8 Å². The van der Waals surface area contributed by atoms with Gasteiger partial charge in [0.15, 0.2) is 0 Å². The molecule has 2 aromatic rings. The predicted octanol–water partition coefficient (Wildman–Crippen LogP) is 3.77. The Hall–Kier alpha value is -1.68. The van der Waals surface area contributed by atoms with Gasteiger partial charge in [-0.25, -0.2) is 4.98 Å². The van der Waals surface area contributed by atoms with E-state index in [1.807, 2.05) is 37.3 Å². The molecule has 18 heavy (non-hydrogen) atoms. The van der Waals surface area contributed by atoms with Crippen LogP contribution in [0.25, 0.3) is 11.3 Å². The lowest BCUT2D eigenvalue weighted by Gasteiger charge is -2.06. The van der Waals surface area contributed by atoms with E-state index in [-0.39, 0.29) is 0 Å². The smallest absolute Gasteiger partial charge is 0.130 e. The number of rotatable bonds is 4. The monoisotopic (exact) mass is 260 g/mol. The van der Waals surface area contributed by atoms with E-state index < -0.39 is 0 Å². The van der Waals surface area contributed by atoms with Crippen molar-refractivity contribution < 1.29 is 4.74 Å². The molecule has 0 amide bonds. The fraction of sp³-hybridized carbons (Fsp3) is 0.286. The quantitative estimate of drug-likeness (QED) is 0.850.